The Labute approximate surface area is 160 Å². The quantitative estimate of drug-likeness (QED) is 0.525. The van der Waals surface area contributed by atoms with Gasteiger partial charge >= 0.3 is 0 Å². The molecule has 2 amide bonds. The highest BCUT2D eigenvalue weighted by Gasteiger charge is 2.15. The Kier molecular flexibility index (Phi) is 8.34. The van der Waals surface area contributed by atoms with Crippen molar-refractivity contribution < 1.29 is 14.3 Å². The standard InChI is InChI=1S/C19H27N3O3S/c1-14-7-5-6-10-16(14)25-13-18(24)21-22-19(26)20-17(23)12-11-15-8-3-2-4-9-15/h5-7,10,15H,2-4,8-9,11-13H2,1H3,(H,21,24)(H2,20,22,23,26). The van der Waals surface area contributed by atoms with E-state index in [-0.39, 0.29) is 23.5 Å². The summed E-state index contributed by atoms with van der Waals surface area (Å²) < 4.78 is 5.44. The average Bonchev–Trinajstić information content (AvgIpc) is 2.65. The Bertz CT molecular complexity index is 630. The first-order chi connectivity index (χ1) is 12.5. The predicted octanol–water partition coefficient (Wildman–Crippen LogP) is 2.76. The van der Waals surface area contributed by atoms with Crippen molar-refractivity contribution in [2.24, 2.45) is 5.92 Å². The molecule has 0 radical (unpaired) electrons. The Morgan fingerprint density at radius 2 is 1.85 bits per heavy atom. The van der Waals surface area contributed by atoms with Gasteiger partial charge in [0.15, 0.2) is 11.7 Å². The van der Waals surface area contributed by atoms with Gasteiger partial charge in [0.2, 0.25) is 5.91 Å². The number of hydrogen-bond donors (Lipinski definition) is 3. The molecule has 0 spiro atoms. The van der Waals surface area contributed by atoms with Crippen molar-refractivity contribution >= 4 is 29.1 Å². The summed E-state index contributed by atoms with van der Waals surface area (Å²) in [6, 6.07) is 7.45. The Morgan fingerprint density at radius 1 is 1.12 bits per heavy atom. The molecule has 1 aromatic rings. The van der Waals surface area contributed by atoms with Crippen molar-refractivity contribution in [3.63, 3.8) is 0 Å². The van der Waals surface area contributed by atoms with Crippen LogP contribution in [0.3, 0.4) is 0 Å². The average molecular weight is 378 g/mol. The monoisotopic (exact) mass is 377 g/mol. The Hall–Kier alpha value is -2.15. The van der Waals surface area contributed by atoms with Gasteiger partial charge in [-0.3, -0.25) is 20.4 Å². The van der Waals surface area contributed by atoms with Crippen LogP contribution < -0.4 is 20.9 Å². The van der Waals surface area contributed by atoms with Crippen LogP contribution in [0.2, 0.25) is 0 Å². The molecule has 1 aliphatic carbocycles. The van der Waals surface area contributed by atoms with Gasteiger partial charge < -0.3 is 10.1 Å². The lowest BCUT2D eigenvalue weighted by molar-refractivity contribution is -0.124. The first kappa shape index (κ1) is 20.2. The molecule has 0 bridgehead atoms. The van der Waals surface area contributed by atoms with E-state index >= 15 is 0 Å². The third kappa shape index (κ3) is 7.39. The Morgan fingerprint density at radius 3 is 2.58 bits per heavy atom. The molecule has 7 heteroatoms. The van der Waals surface area contributed by atoms with Crippen molar-refractivity contribution in [3.8, 4) is 5.75 Å². The number of nitrogens with one attached hydrogen (secondary N) is 3. The van der Waals surface area contributed by atoms with Crippen LogP contribution in [0.1, 0.15) is 50.5 Å². The zero-order valence-corrected chi connectivity index (χ0v) is 16.0. The van der Waals surface area contributed by atoms with Crippen molar-refractivity contribution in [1.82, 2.24) is 16.2 Å². The molecule has 142 valence electrons. The second-order valence-electron chi connectivity index (χ2n) is 6.65. The fourth-order valence-corrected chi connectivity index (χ4v) is 3.22. The van der Waals surface area contributed by atoms with E-state index in [2.05, 4.69) is 16.2 Å². The van der Waals surface area contributed by atoms with Crippen LogP contribution in [0.15, 0.2) is 24.3 Å². The van der Waals surface area contributed by atoms with E-state index in [0.717, 1.165) is 12.0 Å². The van der Waals surface area contributed by atoms with Gasteiger partial charge in [-0.25, -0.2) is 0 Å². The maximum absolute atomic E-state index is 11.9. The fraction of sp³-hybridized carbons (Fsp3) is 0.526. The number of amides is 2. The maximum Gasteiger partial charge on any atom is 0.276 e. The van der Waals surface area contributed by atoms with Gasteiger partial charge in [-0.05, 0) is 43.1 Å². The minimum Gasteiger partial charge on any atom is -0.483 e. The van der Waals surface area contributed by atoms with Gasteiger partial charge in [0.25, 0.3) is 5.91 Å². The van der Waals surface area contributed by atoms with Crippen molar-refractivity contribution in [3.05, 3.63) is 29.8 Å². The summed E-state index contributed by atoms with van der Waals surface area (Å²) in [6.45, 7) is 1.76. The number of para-hydroxylation sites is 1. The minimum absolute atomic E-state index is 0.0860. The lowest BCUT2D eigenvalue weighted by Gasteiger charge is -2.21. The van der Waals surface area contributed by atoms with E-state index in [1.54, 1.807) is 6.07 Å². The number of carbonyl (C=O) groups is 2. The van der Waals surface area contributed by atoms with Crippen LogP contribution in [0, 0.1) is 12.8 Å². The summed E-state index contributed by atoms with van der Waals surface area (Å²) in [4.78, 5) is 23.7. The number of carbonyl (C=O) groups excluding carboxylic acids is 2. The summed E-state index contributed by atoms with van der Waals surface area (Å²) in [5.74, 6) is 0.793. The molecule has 1 aromatic carbocycles. The lowest BCUT2D eigenvalue weighted by Crippen LogP contribution is -2.49. The molecule has 0 aromatic heterocycles. The minimum atomic E-state index is -0.382. The van der Waals surface area contributed by atoms with E-state index in [4.69, 9.17) is 17.0 Å². The van der Waals surface area contributed by atoms with E-state index in [0.29, 0.717) is 18.1 Å². The highest BCUT2D eigenvalue weighted by Crippen LogP contribution is 2.27. The second-order valence-corrected chi connectivity index (χ2v) is 7.06. The number of aryl methyl sites for hydroxylation is 1. The van der Waals surface area contributed by atoms with Gasteiger partial charge in [-0.15, -0.1) is 0 Å². The van der Waals surface area contributed by atoms with E-state index < -0.39 is 0 Å². The molecule has 1 aliphatic rings. The lowest BCUT2D eigenvalue weighted by atomic mass is 9.86. The van der Waals surface area contributed by atoms with Crippen LogP contribution in [-0.2, 0) is 9.59 Å². The number of hydrazine groups is 1. The van der Waals surface area contributed by atoms with Gasteiger partial charge in [-0.2, -0.15) is 0 Å². The zero-order chi connectivity index (χ0) is 18.8. The third-order valence-corrected chi connectivity index (χ3v) is 4.73. The number of benzene rings is 1. The molecule has 0 unspecified atom stereocenters. The zero-order valence-electron chi connectivity index (χ0n) is 15.2. The van der Waals surface area contributed by atoms with Gasteiger partial charge in [0, 0.05) is 6.42 Å². The molecule has 6 nitrogen and oxygen atoms in total. The molecular formula is C19H27N3O3S. The molecule has 0 heterocycles. The molecule has 0 atom stereocenters. The van der Waals surface area contributed by atoms with Crippen molar-refractivity contribution in [2.45, 2.75) is 51.9 Å². The van der Waals surface area contributed by atoms with E-state index in [1.807, 2.05) is 25.1 Å². The van der Waals surface area contributed by atoms with Crippen LogP contribution in [0.25, 0.3) is 0 Å². The number of rotatable bonds is 6. The summed E-state index contributed by atoms with van der Waals surface area (Å²) in [5, 5.41) is 2.67. The van der Waals surface area contributed by atoms with Gasteiger partial charge in [0.05, 0.1) is 0 Å². The highest BCUT2D eigenvalue weighted by atomic mass is 32.1. The number of thiocarbonyl (C=S) groups is 1. The first-order valence-electron chi connectivity index (χ1n) is 9.11. The maximum atomic E-state index is 11.9. The summed E-state index contributed by atoms with van der Waals surface area (Å²) >= 11 is 5.02. The van der Waals surface area contributed by atoms with E-state index in [1.165, 1.54) is 32.1 Å². The molecule has 26 heavy (non-hydrogen) atoms. The topological polar surface area (TPSA) is 79.5 Å². The molecule has 2 rings (SSSR count). The number of hydrogen-bond acceptors (Lipinski definition) is 4. The number of ether oxygens (including phenoxy) is 1. The van der Waals surface area contributed by atoms with Crippen LogP contribution in [0.5, 0.6) is 5.75 Å². The fourth-order valence-electron chi connectivity index (χ4n) is 3.06. The van der Waals surface area contributed by atoms with Crippen molar-refractivity contribution in [1.29, 1.82) is 0 Å². The molecule has 3 N–H and O–H groups in total. The van der Waals surface area contributed by atoms with Gasteiger partial charge in [0.1, 0.15) is 5.75 Å². The summed E-state index contributed by atoms with van der Waals surface area (Å²) in [7, 11) is 0. The van der Waals surface area contributed by atoms with Crippen LogP contribution in [-0.4, -0.2) is 23.5 Å². The smallest absolute Gasteiger partial charge is 0.276 e. The molecular weight excluding hydrogens is 350 g/mol. The van der Waals surface area contributed by atoms with Crippen molar-refractivity contribution in [2.75, 3.05) is 6.61 Å². The van der Waals surface area contributed by atoms with E-state index in [9.17, 15) is 9.59 Å². The van der Waals surface area contributed by atoms with Gasteiger partial charge in [-0.1, -0.05) is 50.3 Å². The molecule has 1 fully saturated rings. The first-order valence-corrected chi connectivity index (χ1v) is 9.52. The predicted molar refractivity (Wildman–Crippen MR) is 105 cm³/mol. The van der Waals surface area contributed by atoms with Crippen LogP contribution in [0.4, 0.5) is 0 Å². The molecule has 0 saturated heterocycles. The largest absolute Gasteiger partial charge is 0.483 e. The van der Waals surface area contributed by atoms with Crippen LogP contribution >= 0.6 is 12.2 Å². The highest BCUT2D eigenvalue weighted by molar-refractivity contribution is 7.80. The second kappa shape index (κ2) is 10.8. The Balaban J connectivity index is 1.59. The normalized spacial score (nSPS) is 14.3. The molecule has 0 aliphatic heterocycles. The third-order valence-electron chi connectivity index (χ3n) is 4.53. The SMILES string of the molecule is Cc1ccccc1OCC(=O)NNC(=S)NC(=O)CCC1CCCCC1. The summed E-state index contributed by atoms with van der Waals surface area (Å²) in [6.07, 6.45) is 7.62. The molecule has 1 saturated carbocycles. The summed E-state index contributed by atoms with van der Waals surface area (Å²) in [5.41, 5.74) is 5.89.